The third kappa shape index (κ3) is 4.30. The average molecular weight is 394 g/mol. The van der Waals surface area contributed by atoms with Crippen LogP contribution >= 0.6 is 12.2 Å². The van der Waals surface area contributed by atoms with Crippen molar-refractivity contribution in [3.8, 4) is 16.9 Å². The van der Waals surface area contributed by atoms with Gasteiger partial charge >= 0.3 is 0 Å². The average Bonchev–Trinajstić information content (AvgIpc) is 2.68. The fourth-order valence-corrected chi connectivity index (χ4v) is 4.03. The van der Waals surface area contributed by atoms with E-state index in [1.54, 1.807) is 0 Å². The van der Waals surface area contributed by atoms with Gasteiger partial charge in [0.25, 0.3) is 0 Å². The van der Waals surface area contributed by atoms with Crippen LogP contribution in [0.25, 0.3) is 22.0 Å². The molecule has 0 saturated carbocycles. The van der Waals surface area contributed by atoms with Crippen molar-refractivity contribution in [3.63, 3.8) is 0 Å². The van der Waals surface area contributed by atoms with E-state index < -0.39 is 0 Å². The molecule has 0 aliphatic heterocycles. The van der Waals surface area contributed by atoms with Crippen LogP contribution in [-0.4, -0.2) is 10.2 Å². The Morgan fingerprint density at radius 3 is 2.36 bits per heavy atom. The van der Waals surface area contributed by atoms with E-state index in [0.717, 1.165) is 40.8 Å². The molecule has 0 bridgehead atoms. The highest BCUT2D eigenvalue weighted by atomic mass is 32.1. The zero-order valence-electron chi connectivity index (χ0n) is 17.7. The summed E-state index contributed by atoms with van der Waals surface area (Å²) in [4.78, 5) is 0. The standard InChI is InChI=1S/C25H31NOS/c1-6-10-18(3)26-23-12-9-8-11-20(23)17-22(24(26)28)19-13-15-21(16-14-19)27-25(4,5)7-2/h8-9,11-18H,6-7,10H2,1-5H3. The molecule has 2 nitrogen and oxygen atoms in total. The van der Waals surface area contributed by atoms with Gasteiger partial charge in [-0.1, -0.05) is 62.8 Å². The Morgan fingerprint density at radius 2 is 1.71 bits per heavy atom. The first-order valence-electron chi connectivity index (χ1n) is 10.3. The molecular formula is C25H31NOS. The molecule has 0 N–H and O–H groups in total. The van der Waals surface area contributed by atoms with Crippen molar-refractivity contribution in [2.45, 2.75) is 65.5 Å². The molecule has 0 saturated heterocycles. The Bertz CT molecular complexity index is 1000. The number of fused-ring (bicyclic) bond motifs is 1. The molecule has 0 aliphatic carbocycles. The van der Waals surface area contributed by atoms with E-state index in [4.69, 9.17) is 17.0 Å². The minimum atomic E-state index is -0.160. The maximum absolute atomic E-state index is 6.10. The molecule has 1 aromatic heterocycles. The summed E-state index contributed by atoms with van der Waals surface area (Å²) in [7, 11) is 0. The van der Waals surface area contributed by atoms with Crippen LogP contribution < -0.4 is 4.74 Å². The van der Waals surface area contributed by atoms with Gasteiger partial charge in [-0.3, -0.25) is 0 Å². The number of para-hydroxylation sites is 1. The number of hydrogen-bond donors (Lipinski definition) is 0. The van der Waals surface area contributed by atoms with Crippen molar-refractivity contribution in [3.05, 3.63) is 59.2 Å². The van der Waals surface area contributed by atoms with E-state index in [1.165, 1.54) is 10.9 Å². The second-order valence-electron chi connectivity index (χ2n) is 8.17. The lowest BCUT2D eigenvalue weighted by Gasteiger charge is -2.25. The Balaban J connectivity index is 2.08. The second kappa shape index (κ2) is 8.48. The smallest absolute Gasteiger partial charge is 0.120 e. The minimum Gasteiger partial charge on any atom is -0.488 e. The third-order valence-electron chi connectivity index (χ3n) is 5.50. The highest BCUT2D eigenvalue weighted by Gasteiger charge is 2.17. The van der Waals surface area contributed by atoms with Gasteiger partial charge in [-0.05, 0) is 68.8 Å². The van der Waals surface area contributed by atoms with E-state index in [1.807, 2.05) is 0 Å². The van der Waals surface area contributed by atoms with Gasteiger partial charge < -0.3 is 9.30 Å². The van der Waals surface area contributed by atoms with E-state index in [-0.39, 0.29) is 5.60 Å². The molecule has 1 heterocycles. The second-order valence-corrected chi connectivity index (χ2v) is 8.56. The Kier molecular flexibility index (Phi) is 6.24. The van der Waals surface area contributed by atoms with Crippen LogP contribution in [0.2, 0.25) is 0 Å². The van der Waals surface area contributed by atoms with Crippen LogP contribution in [0.15, 0.2) is 54.6 Å². The number of benzene rings is 2. The number of pyridine rings is 1. The zero-order chi connectivity index (χ0) is 20.3. The Morgan fingerprint density at radius 1 is 1.04 bits per heavy atom. The summed E-state index contributed by atoms with van der Waals surface area (Å²) in [5.41, 5.74) is 3.29. The van der Waals surface area contributed by atoms with E-state index in [9.17, 15) is 0 Å². The predicted molar refractivity (Wildman–Crippen MR) is 123 cm³/mol. The highest BCUT2D eigenvalue weighted by molar-refractivity contribution is 7.71. The van der Waals surface area contributed by atoms with Crippen molar-refractivity contribution < 1.29 is 4.74 Å². The molecule has 148 valence electrons. The minimum absolute atomic E-state index is 0.160. The number of hydrogen-bond acceptors (Lipinski definition) is 2. The Labute approximate surface area is 174 Å². The number of rotatable bonds is 7. The van der Waals surface area contributed by atoms with Gasteiger partial charge in [-0.15, -0.1) is 0 Å². The fourth-order valence-electron chi connectivity index (χ4n) is 3.57. The largest absolute Gasteiger partial charge is 0.488 e. The number of ether oxygens (including phenoxy) is 1. The molecule has 0 radical (unpaired) electrons. The third-order valence-corrected chi connectivity index (χ3v) is 5.92. The van der Waals surface area contributed by atoms with Crippen LogP contribution in [0.3, 0.4) is 0 Å². The van der Waals surface area contributed by atoms with Gasteiger partial charge in [0.1, 0.15) is 16.0 Å². The highest BCUT2D eigenvalue weighted by Crippen LogP contribution is 2.31. The van der Waals surface area contributed by atoms with Gasteiger partial charge in [0, 0.05) is 17.1 Å². The first-order chi connectivity index (χ1) is 13.4. The number of aromatic nitrogens is 1. The first kappa shape index (κ1) is 20.6. The van der Waals surface area contributed by atoms with E-state index in [2.05, 4.69) is 93.8 Å². The molecule has 1 unspecified atom stereocenters. The summed E-state index contributed by atoms with van der Waals surface area (Å²) in [5.74, 6) is 0.898. The lowest BCUT2D eigenvalue weighted by molar-refractivity contribution is 0.105. The maximum Gasteiger partial charge on any atom is 0.120 e. The van der Waals surface area contributed by atoms with Crippen molar-refractivity contribution in [2.75, 3.05) is 0 Å². The van der Waals surface area contributed by atoms with Crippen molar-refractivity contribution in [2.24, 2.45) is 0 Å². The van der Waals surface area contributed by atoms with Crippen LogP contribution in [0, 0.1) is 4.64 Å². The summed E-state index contributed by atoms with van der Waals surface area (Å²) in [6, 6.07) is 19.5. The van der Waals surface area contributed by atoms with Gasteiger partial charge in [-0.25, -0.2) is 0 Å². The van der Waals surface area contributed by atoms with Gasteiger partial charge in [0.05, 0.1) is 0 Å². The van der Waals surface area contributed by atoms with Crippen LogP contribution in [0.4, 0.5) is 0 Å². The predicted octanol–water partition coefficient (Wildman–Crippen LogP) is 7.97. The molecule has 3 aromatic rings. The summed E-state index contributed by atoms with van der Waals surface area (Å²) < 4.78 is 9.34. The summed E-state index contributed by atoms with van der Waals surface area (Å²) >= 11 is 5.96. The Hall–Kier alpha value is -2.13. The van der Waals surface area contributed by atoms with Crippen molar-refractivity contribution in [1.82, 2.24) is 4.57 Å². The van der Waals surface area contributed by atoms with Gasteiger partial charge in [0.15, 0.2) is 0 Å². The quantitative estimate of drug-likeness (QED) is 0.378. The molecule has 28 heavy (non-hydrogen) atoms. The zero-order valence-corrected chi connectivity index (χ0v) is 18.5. The van der Waals surface area contributed by atoms with Crippen molar-refractivity contribution >= 4 is 23.1 Å². The molecule has 0 amide bonds. The lowest BCUT2D eigenvalue weighted by atomic mass is 10.0. The SMILES string of the molecule is CCCC(C)n1c(=S)c(-c2ccc(OC(C)(C)CC)cc2)cc2ccccc21. The molecule has 3 heteroatoms. The van der Waals surface area contributed by atoms with Crippen molar-refractivity contribution in [1.29, 1.82) is 0 Å². The fraction of sp³-hybridized carbons (Fsp3) is 0.400. The maximum atomic E-state index is 6.10. The lowest BCUT2D eigenvalue weighted by Crippen LogP contribution is -2.26. The molecule has 0 fully saturated rings. The molecule has 3 rings (SSSR count). The van der Waals surface area contributed by atoms with E-state index >= 15 is 0 Å². The van der Waals surface area contributed by atoms with E-state index in [0.29, 0.717) is 6.04 Å². The molecule has 0 spiro atoms. The molecule has 0 aliphatic rings. The van der Waals surface area contributed by atoms with Gasteiger partial charge in [-0.2, -0.15) is 0 Å². The van der Waals surface area contributed by atoms with Crippen LogP contribution in [0.1, 0.15) is 59.9 Å². The first-order valence-corrected chi connectivity index (χ1v) is 10.7. The van der Waals surface area contributed by atoms with Gasteiger partial charge in [0.2, 0.25) is 0 Å². The normalized spacial score (nSPS) is 12.9. The molecule has 2 aromatic carbocycles. The summed E-state index contributed by atoms with van der Waals surface area (Å²) in [5, 5.41) is 1.22. The van der Waals surface area contributed by atoms with Crippen LogP contribution in [0.5, 0.6) is 5.75 Å². The molecule has 1 atom stereocenters. The monoisotopic (exact) mass is 393 g/mol. The topological polar surface area (TPSA) is 14.2 Å². The van der Waals surface area contributed by atoms with Crippen LogP contribution in [-0.2, 0) is 0 Å². The number of nitrogens with zero attached hydrogens (tertiary/aromatic N) is 1. The molecular weight excluding hydrogens is 362 g/mol. The summed E-state index contributed by atoms with van der Waals surface area (Å²) in [6.07, 6.45) is 3.21. The summed E-state index contributed by atoms with van der Waals surface area (Å²) in [6.45, 7) is 10.9.